The lowest BCUT2D eigenvalue weighted by Crippen LogP contribution is -2.49. The van der Waals surface area contributed by atoms with E-state index in [0.717, 1.165) is 0 Å². The van der Waals surface area contributed by atoms with Crippen molar-refractivity contribution >= 4 is 29.6 Å². The molecule has 1 aromatic heterocycles. The summed E-state index contributed by atoms with van der Waals surface area (Å²) in [4.78, 5) is 37.5. The molecule has 0 saturated heterocycles. The van der Waals surface area contributed by atoms with Crippen LogP contribution in [0.25, 0.3) is 11.3 Å². The molecule has 0 aliphatic rings. The number of nitrogens with zero attached hydrogens (tertiary/aromatic N) is 1. The number of ether oxygens (including phenoxy) is 2. The number of aliphatic carboxylic acids is 1. The number of rotatable bonds is 10. The number of hydrogen-bond acceptors (Lipinski definition) is 7. The van der Waals surface area contributed by atoms with Crippen LogP contribution in [-0.2, 0) is 21.6 Å². The summed E-state index contributed by atoms with van der Waals surface area (Å²) in [6.45, 7) is 3.21. The number of carbonyl (C=O) groups excluding carboxylic acids is 2. The second-order valence-corrected chi connectivity index (χ2v) is 9.71. The number of nitrogens with one attached hydrogen (secondary N) is 2. The van der Waals surface area contributed by atoms with E-state index in [1.807, 2.05) is 6.07 Å². The van der Waals surface area contributed by atoms with E-state index in [4.69, 9.17) is 25.6 Å². The number of carboxylic acids is 1. The Morgan fingerprint density at radius 3 is 2.37 bits per heavy atom. The molecule has 0 fully saturated rings. The van der Waals surface area contributed by atoms with Gasteiger partial charge in [0, 0.05) is 27.3 Å². The van der Waals surface area contributed by atoms with Gasteiger partial charge in [-0.15, -0.1) is 0 Å². The summed E-state index contributed by atoms with van der Waals surface area (Å²) in [6, 6.07) is 19.9. The van der Waals surface area contributed by atoms with Crippen molar-refractivity contribution in [3.05, 3.63) is 106 Å². The first-order valence-electron chi connectivity index (χ1n) is 12.6. The molecule has 0 aliphatic heterocycles. The van der Waals surface area contributed by atoms with Crippen LogP contribution in [0.3, 0.4) is 0 Å². The van der Waals surface area contributed by atoms with E-state index in [1.165, 1.54) is 20.3 Å². The molecule has 4 aromatic rings. The lowest BCUT2D eigenvalue weighted by molar-refractivity contribution is -0.144. The molecule has 0 spiro atoms. The number of carboxylic acid groups (broad SMARTS) is 1. The van der Waals surface area contributed by atoms with Crippen molar-refractivity contribution in [1.82, 2.24) is 15.8 Å². The fourth-order valence-electron chi connectivity index (χ4n) is 4.11. The smallest absolute Gasteiger partial charge is 0.408 e. The van der Waals surface area contributed by atoms with Gasteiger partial charge in [0.05, 0.1) is 13.7 Å². The number of methoxy groups -OCH3 is 1. The van der Waals surface area contributed by atoms with Crippen LogP contribution in [0.2, 0.25) is 5.02 Å². The zero-order chi connectivity index (χ0) is 29.6. The van der Waals surface area contributed by atoms with Crippen LogP contribution < -0.4 is 15.4 Å². The van der Waals surface area contributed by atoms with Crippen molar-refractivity contribution in [2.45, 2.75) is 32.0 Å². The fourth-order valence-corrected chi connectivity index (χ4v) is 4.40. The lowest BCUT2D eigenvalue weighted by Gasteiger charge is -2.27. The number of carbonyl (C=O) groups is 3. The predicted octanol–water partition coefficient (Wildman–Crippen LogP) is 5.72. The van der Waals surface area contributed by atoms with Crippen LogP contribution in [0.15, 0.2) is 83.6 Å². The molecule has 2 atom stereocenters. The van der Waals surface area contributed by atoms with Crippen molar-refractivity contribution in [3.8, 4) is 17.0 Å². The molecular weight excluding hydrogens is 550 g/mol. The van der Waals surface area contributed by atoms with Crippen molar-refractivity contribution in [2.24, 2.45) is 0 Å². The van der Waals surface area contributed by atoms with Gasteiger partial charge < -0.3 is 29.7 Å². The van der Waals surface area contributed by atoms with E-state index in [-0.39, 0.29) is 12.1 Å². The molecule has 0 bridgehead atoms. The summed E-state index contributed by atoms with van der Waals surface area (Å²) in [5.41, 5.74) is 1.32. The van der Waals surface area contributed by atoms with Crippen molar-refractivity contribution in [3.63, 3.8) is 0 Å². The van der Waals surface area contributed by atoms with Crippen LogP contribution in [0.1, 0.15) is 47.0 Å². The van der Waals surface area contributed by atoms with Crippen molar-refractivity contribution in [1.29, 1.82) is 0 Å². The quantitative estimate of drug-likeness (QED) is 0.217. The van der Waals surface area contributed by atoms with E-state index in [0.29, 0.717) is 38.7 Å². The van der Waals surface area contributed by atoms with Gasteiger partial charge in [0.1, 0.15) is 23.8 Å². The third kappa shape index (κ3) is 6.67. The molecule has 3 aromatic carbocycles. The molecule has 11 heteroatoms. The van der Waals surface area contributed by atoms with E-state index in [9.17, 15) is 19.5 Å². The van der Waals surface area contributed by atoms with Crippen LogP contribution >= 0.6 is 11.6 Å². The summed E-state index contributed by atoms with van der Waals surface area (Å²) >= 11 is 6.18. The molecule has 41 heavy (non-hydrogen) atoms. The van der Waals surface area contributed by atoms with Gasteiger partial charge in [-0.2, -0.15) is 0 Å². The Morgan fingerprint density at radius 1 is 1.05 bits per heavy atom. The highest BCUT2D eigenvalue weighted by atomic mass is 35.5. The van der Waals surface area contributed by atoms with Gasteiger partial charge in [-0.25, -0.2) is 9.59 Å². The Balaban J connectivity index is 1.41. The second kappa shape index (κ2) is 12.6. The fraction of sp³-hybridized carbons (Fsp3) is 0.200. The maximum atomic E-state index is 13.0. The minimum Gasteiger partial charge on any atom is -0.497 e. The number of alkyl carbamates (subject to hydrolysis) is 1. The number of amides is 2. The van der Waals surface area contributed by atoms with Gasteiger partial charge >= 0.3 is 12.1 Å². The molecule has 4 rings (SSSR count). The summed E-state index contributed by atoms with van der Waals surface area (Å²) in [7, 11) is 1.51. The van der Waals surface area contributed by atoms with Gasteiger partial charge in [0.25, 0.3) is 5.91 Å². The maximum absolute atomic E-state index is 13.0. The molecule has 0 aliphatic carbocycles. The van der Waals surface area contributed by atoms with Crippen LogP contribution in [0.4, 0.5) is 4.79 Å². The first kappa shape index (κ1) is 29.2. The van der Waals surface area contributed by atoms with Crippen LogP contribution in [0.5, 0.6) is 5.75 Å². The number of hydrogen-bond donors (Lipinski definition) is 3. The van der Waals surface area contributed by atoms with Crippen LogP contribution in [-0.4, -0.2) is 35.3 Å². The highest BCUT2D eigenvalue weighted by molar-refractivity contribution is 6.31. The first-order chi connectivity index (χ1) is 19.6. The second-order valence-electron chi connectivity index (χ2n) is 9.30. The Morgan fingerprint density at radius 2 is 1.73 bits per heavy atom. The molecule has 2 unspecified atom stereocenters. The zero-order valence-electron chi connectivity index (χ0n) is 22.5. The largest absolute Gasteiger partial charge is 0.497 e. The summed E-state index contributed by atoms with van der Waals surface area (Å²) in [5.74, 6) is -1.23. The lowest BCUT2D eigenvalue weighted by atomic mass is 9.91. The number of halogens is 1. The Kier molecular flexibility index (Phi) is 8.94. The van der Waals surface area contributed by atoms with E-state index < -0.39 is 29.6 Å². The SMILES string of the molecule is COc1ccc(C(C)(NC(=O)c2ccc(-c3nocc3CNC(=O)OC(C)c3ccccc3Cl)cc2)C(=O)O)cc1. The monoisotopic (exact) mass is 577 g/mol. The molecule has 0 saturated carbocycles. The van der Waals surface area contributed by atoms with Gasteiger partial charge in [0.15, 0.2) is 5.54 Å². The standard InChI is InChI=1S/C30H28ClN3O7/c1-18(24-6-4-5-7-25(24)31)41-29(38)32-16-21-17-40-34-26(21)19-8-10-20(11-9-19)27(35)33-30(2,28(36)37)22-12-14-23(39-3)15-13-22/h4-15,17-18H,16H2,1-3H3,(H,32,38)(H,33,35)(H,36,37). The highest BCUT2D eigenvalue weighted by Crippen LogP contribution is 2.27. The maximum Gasteiger partial charge on any atom is 0.408 e. The van der Waals surface area contributed by atoms with Gasteiger partial charge in [-0.1, -0.05) is 59.2 Å². The van der Waals surface area contributed by atoms with Crippen LogP contribution in [0, 0.1) is 0 Å². The highest BCUT2D eigenvalue weighted by Gasteiger charge is 2.37. The summed E-state index contributed by atoms with van der Waals surface area (Å²) in [5, 5.41) is 19.7. The molecule has 212 valence electrons. The molecule has 1 heterocycles. The molecule has 3 N–H and O–H groups in total. The van der Waals surface area contributed by atoms with E-state index in [1.54, 1.807) is 73.7 Å². The van der Waals surface area contributed by atoms with Gasteiger partial charge in [0.2, 0.25) is 0 Å². The first-order valence-corrected chi connectivity index (χ1v) is 12.9. The minimum atomic E-state index is -1.68. The van der Waals surface area contributed by atoms with Gasteiger partial charge in [-0.3, -0.25) is 4.79 Å². The normalized spacial score (nSPS) is 13.0. The number of aromatic nitrogens is 1. The molecule has 10 nitrogen and oxygen atoms in total. The third-order valence-corrected chi connectivity index (χ3v) is 6.92. The molecule has 0 radical (unpaired) electrons. The topological polar surface area (TPSA) is 140 Å². The van der Waals surface area contributed by atoms with E-state index >= 15 is 0 Å². The number of benzene rings is 3. The van der Waals surface area contributed by atoms with Gasteiger partial charge in [-0.05, 0) is 49.7 Å². The average molecular weight is 578 g/mol. The summed E-state index contributed by atoms with van der Waals surface area (Å²) in [6.07, 6.45) is 0.202. The average Bonchev–Trinajstić information content (AvgIpc) is 3.45. The predicted molar refractivity (Wildman–Crippen MR) is 151 cm³/mol. The zero-order valence-corrected chi connectivity index (χ0v) is 23.3. The van der Waals surface area contributed by atoms with Crippen molar-refractivity contribution < 1.29 is 33.5 Å². The Bertz CT molecular complexity index is 1540. The van der Waals surface area contributed by atoms with E-state index in [2.05, 4.69) is 15.8 Å². The third-order valence-electron chi connectivity index (χ3n) is 6.57. The Hall–Kier alpha value is -4.83. The molecular formula is C30H28ClN3O7. The Labute approximate surface area is 241 Å². The summed E-state index contributed by atoms with van der Waals surface area (Å²) < 4.78 is 15.7. The molecule has 2 amide bonds. The van der Waals surface area contributed by atoms with Crippen molar-refractivity contribution in [2.75, 3.05) is 7.11 Å². The minimum absolute atomic E-state index is 0.0774.